The average Bonchev–Trinajstić information content (AvgIpc) is 2.35. The number of hydrogen-bond donors (Lipinski definition) is 0. The number of benzene rings is 2. The lowest BCUT2D eigenvalue weighted by Gasteiger charge is -2.14. The number of halogens is 4. The van der Waals surface area contributed by atoms with Crippen LogP contribution >= 0.6 is 31.9 Å². The molecule has 4 heteroatoms. The quantitative estimate of drug-likeness (QED) is 0.606. The van der Waals surface area contributed by atoms with Gasteiger partial charge in [-0.15, -0.1) is 0 Å². The van der Waals surface area contributed by atoms with Crippen molar-refractivity contribution in [1.29, 1.82) is 0 Å². The maximum absolute atomic E-state index is 13.2. The van der Waals surface area contributed by atoms with E-state index in [-0.39, 0.29) is 4.83 Å². The Morgan fingerprint density at radius 1 is 1.00 bits per heavy atom. The van der Waals surface area contributed by atoms with Gasteiger partial charge in [0, 0.05) is 4.47 Å². The average molecular weight is 376 g/mol. The Labute approximate surface area is 121 Å². The molecule has 1 unspecified atom stereocenters. The van der Waals surface area contributed by atoms with Crippen molar-refractivity contribution in [2.75, 3.05) is 0 Å². The van der Waals surface area contributed by atoms with Gasteiger partial charge in [0.2, 0.25) is 0 Å². The molecule has 0 N–H and O–H groups in total. The Balaban J connectivity index is 2.44. The molecule has 2 rings (SSSR count). The van der Waals surface area contributed by atoms with E-state index in [4.69, 9.17) is 0 Å². The van der Waals surface area contributed by atoms with E-state index in [0.717, 1.165) is 21.7 Å². The van der Waals surface area contributed by atoms with Gasteiger partial charge < -0.3 is 0 Å². The standard InChI is InChI=1S/C14H10Br2F2/c1-8-2-4-10(15)7-11(8)14(16)9-3-5-12(17)13(18)6-9/h2-7,14H,1H3. The van der Waals surface area contributed by atoms with Crippen LogP contribution in [0, 0.1) is 18.6 Å². The molecule has 0 amide bonds. The lowest BCUT2D eigenvalue weighted by molar-refractivity contribution is 0.507. The first-order valence-corrected chi connectivity index (χ1v) is 7.05. The fourth-order valence-electron chi connectivity index (χ4n) is 1.73. The molecule has 2 aromatic carbocycles. The summed E-state index contributed by atoms with van der Waals surface area (Å²) in [6, 6.07) is 9.84. The lowest BCUT2D eigenvalue weighted by Crippen LogP contribution is -1.97. The second kappa shape index (κ2) is 5.49. The highest BCUT2D eigenvalue weighted by Gasteiger charge is 2.15. The molecule has 18 heavy (non-hydrogen) atoms. The molecule has 0 nitrogen and oxygen atoms in total. The first kappa shape index (κ1) is 13.7. The molecule has 0 aliphatic carbocycles. The molecule has 1 atom stereocenters. The second-order valence-corrected chi connectivity index (χ2v) is 5.87. The van der Waals surface area contributed by atoms with Gasteiger partial charge in [0.25, 0.3) is 0 Å². The summed E-state index contributed by atoms with van der Waals surface area (Å²) >= 11 is 6.94. The van der Waals surface area contributed by atoms with Crippen LogP contribution in [0.4, 0.5) is 8.78 Å². The van der Waals surface area contributed by atoms with Crippen LogP contribution < -0.4 is 0 Å². The molecule has 0 aromatic heterocycles. The Bertz CT molecular complexity index is 582. The minimum Gasteiger partial charge on any atom is -0.204 e. The molecule has 0 fully saturated rings. The predicted molar refractivity (Wildman–Crippen MR) is 76.0 cm³/mol. The van der Waals surface area contributed by atoms with Gasteiger partial charge in [0.15, 0.2) is 11.6 Å². The van der Waals surface area contributed by atoms with Crippen LogP contribution in [0.3, 0.4) is 0 Å². The van der Waals surface area contributed by atoms with Gasteiger partial charge >= 0.3 is 0 Å². The number of alkyl halides is 1. The van der Waals surface area contributed by atoms with E-state index in [2.05, 4.69) is 31.9 Å². The van der Waals surface area contributed by atoms with Gasteiger partial charge in [-0.05, 0) is 47.9 Å². The summed E-state index contributed by atoms with van der Waals surface area (Å²) < 4.78 is 27.1. The smallest absolute Gasteiger partial charge is 0.159 e. The zero-order chi connectivity index (χ0) is 13.3. The van der Waals surface area contributed by atoms with Gasteiger partial charge in [0.05, 0.1) is 4.83 Å². The highest BCUT2D eigenvalue weighted by molar-refractivity contribution is 9.10. The van der Waals surface area contributed by atoms with E-state index < -0.39 is 11.6 Å². The van der Waals surface area contributed by atoms with Crippen LogP contribution in [-0.4, -0.2) is 0 Å². The molecule has 0 saturated carbocycles. The number of aryl methyl sites for hydroxylation is 1. The SMILES string of the molecule is Cc1ccc(Br)cc1C(Br)c1ccc(F)c(F)c1. The first-order chi connectivity index (χ1) is 8.49. The Morgan fingerprint density at radius 2 is 1.72 bits per heavy atom. The minimum absolute atomic E-state index is 0.162. The van der Waals surface area contributed by atoms with E-state index in [1.54, 1.807) is 6.07 Å². The summed E-state index contributed by atoms with van der Waals surface area (Å²) in [7, 11) is 0. The number of hydrogen-bond acceptors (Lipinski definition) is 0. The molecule has 2 aromatic rings. The van der Waals surface area contributed by atoms with Crippen LogP contribution in [0.25, 0.3) is 0 Å². The summed E-state index contributed by atoms with van der Waals surface area (Å²) in [6.45, 7) is 1.98. The molecule has 0 bridgehead atoms. The first-order valence-electron chi connectivity index (χ1n) is 5.34. The van der Waals surface area contributed by atoms with Crippen molar-refractivity contribution in [1.82, 2.24) is 0 Å². The topological polar surface area (TPSA) is 0 Å². The van der Waals surface area contributed by atoms with Crippen molar-refractivity contribution in [3.05, 3.63) is 69.2 Å². The van der Waals surface area contributed by atoms with Gasteiger partial charge in [-0.3, -0.25) is 0 Å². The van der Waals surface area contributed by atoms with Gasteiger partial charge in [0.1, 0.15) is 0 Å². The highest BCUT2D eigenvalue weighted by atomic mass is 79.9. The van der Waals surface area contributed by atoms with Crippen molar-refractivity contribution in [2.24, 2.45) is 0 Å². The maximum atomic E-state index is 13.2. The van der Waals surface area contributed by atoms with E-state index in [0.29, 0.717) is 5.56 Å². The molecule has 0 spiro atoms. The Kier molecular flexibility index (Phi) is 4.17. The molecular weight excluding hydrogens is 366 g/mol. The minimum atomic E-state index is -0.829. The van der Waals surface area contributed by atoms with Gasteiger partial charge in [-0.1, -0.05) is 44.0 Å². The van der Waals surface area contributed by atoms with E-state index in [1.807, 2.05) is 25.1 Å². The summed E-state index contributed by atoms with van der Waals surface area (Å²) in [5.41, 5.74) is 2.80. The third-order valence-electron chi connectivity index (χ3n) is 2.75. The van der Waals surface area contributed by atoms with E-state index in [1.165, 1.54) is 6.07 Å². The van der Waals surface area contributed by atoms with Gasteiger partial charge in [-0.2, -0.15) is 0 Å². The van der Waals surface area contributed by atoms with Crippen molar-refractivity contribution < 1.29 is 8.78 Å². The summed E-state index contributed by atoms with van der Waals surface area (Å²) in [5, 5.41) is 0. The van der Waals surface area contributed by atoms with Crippen molar-refractivity contribution in [2.45, 2.75) is 11.8 Å². The normalized spacial score (nSPS) is 12.5. The van der Waals surface area contributed by atoms with Crippen LogP contribution in [0.5, 0.6) is 0 Å². The fraction of sp³-hybridized carbons (Fsp3) is 0.143. The van der Waals surface area contributed by atoms with Crippen molar-refractivity contribution in [3.8, 4) is 0 Å². The van der Waals surface area contributed by atoms with Crippen molar-refractivity contribution in [3.63, 3.8) is 0 Å². The molecule has 0 aliphatic heterocycles. The number of rotatable bonds is 2. The molecule has 0 saturated heterocycles. The summed E-state index contributed by atoms with van der Waals surface area (Å²) in [5.74, 6) is -1.66. The van der Waals surface area contributed by atoms with E-state index in [9.17, 15) is 8.78 Å². The molecule has 0 radical (unpaired) electrons. The largest absolute Gasteiger partial charge is 0.204 e. The maximum Gasteiger partial charge on any atom is 0.159 e. The molecular formula is C14H10Br2F2. The van der Waals surface area contributed by atoms with Crippen LogP contribution in [0.1, 0.15) is 21.5 Å². The zero-order valence-corrected chi connectivity index (χ0v) is 12.7. The zero-order valence-electron chi connectivity index (χ0n) is 9.55. The van der Waals surface area contributed by atoms with Crippen molar-refractivity contribution >= 4 is 31.9 Å². The molecule has 0 heterocycles. The lowest BCUT2D eigenvalue weighted by atomic mass is 10.0. The fourth-order valence-corrected chi connectivity index (χ4v) is 2.89. The van der Waals surface area contributed by atoms with Crippen LogP contribution in [0.15, 0.2) is 40.9 Å². The summed E-state index contributed by atoms with van der Waals surface area (Å²) in [4.78, 5) is -0.162. The van der Waals surface area contributed by atoms with Crippen LogP contribution in [0.2, 0.25) is 0 Å². The highest BCUT2D eigenvalue weighted by Crippen LogP contribution is 2.34. The van der Waals surface area contributed by atoms with Crippen LogP contribution in [-0.2, 0) is 0 Å². The third kappa shape index (κ3) is 2.81. The molecule has 0 aliphatic rings. The van der Waals surface area contributed by atoms with Gasteiger partial charge in [-0.25, -0.2) is 8.78 Å². The second-order valence-electron chi connectivity index (χ2n) is 4.04. The summed E-state index contributed by atoms with van der Waals surface area (Å²) in [6.07, 6.45) is 0. The Morgan fingerprint density at radius 3 is 2.39 bits per heavy atom. The third-order valence-corrected chi connectivity index (χ3v) is 4.27. The predicted octanol–water partition coefficient (Wildman–Crippen LogP) is 5.52. The molecule has 94 valence electrons. The monoisotopic (exact) mass is 374 g/mol. The Hall–Kier alpha value is -0.740. The van der Waals surface area contributed by atoms with E-state index >= 15 is 0 Å².